The summed E-state index contributed by atoms with van der Waals surface area (Å²) in [6.45, 7) is 9.89. The number of carbonyl (C=O) groups is 2. The first-order valence-electron chi connectivity index (χ1n) is 8.93. The zero-order chi connectivity index (χ0) is 18.2. The normalized spacial score (nSPS) is 16.4. The van der Waals surface area contributed by atoms with Gasteiger partial charge in [-0.05, 0) is 32.4 Å². The third-order valence-corrected chi connectivity index (χ3v) is 4.34. The van der Waals surface area contributed by atoms with Crippen molar-refractivity contribution >= 4 is 17.7 Å². The van der Waals surface area contributed by atoms with Crippen LogP contribution in [0.5, 0.6) is 0 Å². The molecule has 1 saturated heterocycles. The number of ether oxygens (including phenoxy) is 1. The minimum atomic E-state index is -0.348. The quantitative estimate of drug-likeness (QED) is 0.749. The van der Waals surface area contributed by atoms with E-state index in [1.54, 1.807) is 19.2 Å². The Kier molecular flexibility index (Phi) is 7.18. The van der Waals surface area contributed by atoms with Crippen LogP contribution in [0, 0.1) is 0 Å². The van der Waals surface area contributed by atoms with Crippen molar-refractivity contribution in [2.24, 2.45) is 0 Å². The van der Waals surface area contributed by atoms with E-state index in [1.807, 2.05) is 13.0 Å². The second-order valence-electron chi connectivity index (χ2n) is 6.27. The van der Waals surface area contributed by atoms with Crippen LogP contribution in [0.25, 0.3) is 0 Å². The minimum Gasteiger partial charge on any atom is -0.462 e. The SMILES string of the molecule is CCOC(=O)c1ccc(N2CCN(CC(=O)NC(C)CC)CC2)nc1. The fourth-order valence-electron chi connectivity index (χ4n) is 2.67. The number of rotatable bonds is 7. The van der Waals surface area contributed by atoms with Gasteiger partial charge in [-0.1, -0.05) is 6.92 Å². The van der Waals surface area contributed by atoms with Gasteiger partial charge in [0, 0.05) is 38.4 Å². The number of aromatic nitrogens is 1. The molecule has 2 heterocycles. The highest BCUT2D eigenvalue weighted by Crippen LogP contribution is 2.14. The molecule has 1 aliphatic rings. The van der Waals surface area contributed by atoms with E-state index in [4.69, 9.17) is 4.74 Å². The summed E-state index contributed by atoms with van der Waals surface area (Å²) in [7, 11) is 0. The highest BCUT2D eigenvalue weighted by molar-refractivity contribution is 5.89. The van der Waals surface area contributed by atoms with Crippen molar-refractivity contribution in [2.75, 3.05) is 44.2 Å². The van der Waals surface area contributed by atoms with Crippen LogP contribution in [0.15, 0.2) is 18.3 Å². The zero-order valence-corrected chi connectivity index (χ0v) is 15.3. The fraction of sp³-hybridized carbons (Fsp3) is 0.611. The number of anilines is 1. The Labute approximate surface area is 149 Å². The van der Waals surface area contributed by atoms with Crippen molar-refractivity contribution in [2.45, 2.75) is 33.2 Å². The summed E-state index contributed by atoms with van der Waals surface area (Å²) < 4.78 is 4.96. The first-order chi connectivity index (χ1) is 12.0. The molecule has 1 amide bonds. The van der Waals surface area contributed by atoms with Crippen LogP contribution < -0.4 is 10.2 Å². The first-order valence-corrected chi connectivity index (χ1v) is 8.93. The van der Waals surface area contributed by atoms with Crippen LogP contribution >= 0.6 is 0 Å². The number of hydrogen-bond donors (Lipinski definition) is 1. The van der Waals surface area contributed by atoms with E-state index >= 15 is 0 Å². The average molecular weight is 348 g/mol. The Morgan fingerprint density at radius 2 is 1.96 bits per heavy atom. The second kappa shape index (κ2) is 9.36. The number of pyridine rings is 1. The van der Waals surface area contributed by atoms with E-state index in [2.05, 4.69) is 27.0 Å². The van der Waals surface area contributed by atoms with Gasteiger partial charge in [0.05, 0.1) is 18.7 Å². The summed E-state index contributed by atoms with van der Waals surface area (Å²) in [6.07, 6.45) is 2.49. The molecule has 1 aromatic rings. The number of nitrogens with zero attached hydrogens (tertiary/aromatic N) is 3. The van der Waals surface area contributed by atoms with Crippen molar-refractivity contribution in [1.82, 2.24) is 15.2 Å². The van der Waals surface area contributed by atoms with Gasteiger partial charge in [-0.15, -0.1) is 0 Å². The van der Waals surface area contributed by atoms with Gasteiger partial charge in [0.15, 0.2) is 0 Å². The highest BCUT2D eigenvalue weighted by atomic mass is 16.5. The molecule has 2 rings (SSSR count). The van der Waals surface area contributed by atoms with Gasteiger partial charge < -0.3 is 15.0 Å². The third-order valence-electron chi connectivity index (χ3n) is 4.34. The molecule has 1 fully saturated rings. The van der Waals surface area contributed by atoms with Crippen LogP contribution in [-0.2, 0) is 9.53 Å². The lowest BCUT2D eigenvalue weighted by molar-refractivity contribution is -0.122. The maximum Gasteiger partial charge on any atom is 0.339 e. The maximum atomic E-state index is 12.0. The van der Waals surface area contributed by atoms with Crippen LogP contribution in [0.3, 0.4) is 0 Å². The molecule has 0 radical (unpaired) electrons. The fourth-order valence-corrected chi connectivity index (χ4v) is 2.67. The van der Waals surface area contributed by atoms with Gasteiger partial charge in [-0.2, -0.15) is 0 Å². The smallest absolute Gasteiger partial charge is 0.339 e. The van der Waals surface area contributed by atoms with E-state index in [0.29, 0.717) is 18.7 Å². The van der Waals surface area contributed by atoms with Crippen LogP contribution in [0.4, 0.5) is 5.82 Å². The minimum absolute atomic E-state index is 0.0831. The van der Waals surface area contributed by atoms with E-state index in [1.165, 1.54) is 0 Å². The number of esters is 1. The molecule has 138 valence electrons. The Hall–Kier alpha value is -2.15. The maximum absolute atomic E-state index is 12.0. The molecule has 1 aromatic heterocycles. The van der Waals surface area contributed by atoms with E-state index in [9.17, 15) is 9.59 Å². The first kappa shape index (κ1) is 19.2. The van der Waals surface area contributed by atoms with Crippen molar-refractivity contribution in [1.29, 1.82) is 0 Å². The third kappa shape index (κ3) is 5.70. The second-order valence-corrected chi connectivity index (χ2v) is 6.27. The molecule has 7 heteroatoms. The molecule has 1 aliphatic heterocycles. The molecular formula is C18H28N4O3. The van der Waals surface area contributed by atoms with Crippen molar-refractivity contribution in [3.05, 3.63) is 23.9 Å². The summed E-state index contributed by atoms with van der Waals surface area (Å²) >= 11 is 0. The Morgan fingerprint density at radius 3 is 2.52 bits per heavy atom. The topological polar surface area (TPSA) is 74.8 Å². The summed E-state index contributed by atoms with van der Waals surface area (Å²) in [5, 5.41) is 3.00. The molecule has 0 aromatic carbocycles. The van der Waals surface area contributed by atoms with Gasteiger partial charge in [-0.25, -0.2) is 9.78 Å². The number of amides is 1. The number of piperazine rings is 1. The van der Waals surface area contributed by atoms with Gasteiger partial charge in [0.25, 0.3) is 0 Å². The van der Waals surface area contributed by atoms with Crippen molar-refractivity contribution < 1.29 is 14.3 Å². The molecule has 0 spiro atoms. The molecule has 0 saturated carbocycles. The molecular weight excluding hydrogens is 320 g/mol. The molecule has 1 atom stereocenters. The van der Waals surface area contributed by atoms with E-state index < -0.39 is 0 Å². The molecule has 1 unspecified atom stereocenters. The van der Waals surface area contributed by atoms with E-state index in [0.717, 1.165) is 38.4 Å². The van der Waals surface area contributed by atoms with Gasteiger partial charge in [-0.3, -0.25) is 9.69 Å². The Morgan fingerprint density at radius 1 is 1.24 bits per heavy atom. The zero-order valence-electron chi connectivity index (χ0n) is 15.3. The molecule has 25 heavy (non-hydrogen) atoms. The monoisotopic (exact) mass is 348 g/mol. The summed E-state index contributed by atoms with van der Waals surface area (Å²) in [4.78, 5) is 32.3. The van der Waals surface area contributed by atoms with Crippen molar-refractivity contribution in [3.8, 4) is 0 Å². The van der Waals surface area contributed by atoms with E-state index in [-0.39, 0.29) is 17.9 Å². The molecule has 0 bridgehead atoms. The number of hydrogen-bond acceptors (Lipinski definition) is 6. The lowest BCUT2D eigenvalue weighted by atomic mass is 10.2. The standard InChI is InChI=1S/C18H28N4O3/c1-4-14(3)20-17(23)13-21-8-10-22(11-9-21)16-7-6-15(12-19-16)18(24)25-5-2/h6-7,12,14H,4-5,8-11,13H2,1-3H3,(H,20,23). The predicted molar refractivity (Wildman–Crippen MR) is 96.7 cm³/mol. The molecule has 1 N–H and O–H groups in total. The van der Waals surface area contributed by atoms with Crippen molar-refractivity contribution in [3.63, 3.8) is 0 Å². The largest absolute Gasteiger partial charge is 0.462 e. The van der Waals surface area contributed by atoms with Gasteiger partial charge in [0.1, 0.15) is 5.82 Å². The summed E-state index contributed by atoms with van der Waals surface area (Å²) in [6, 6.07) is 3.81. The predicted octanol–water partition coefficient (Wildman–Crippen LogP) is 1.29. The number of carbonyl (C=O) groups excluding carboxylic acids is 2. The van der Waals surface area contributed by atoms with Crippen LogP contribution in [0.2, 0.25) is 0 Å². The van der Waals surface area contributed by atoms with Crippen LogP contribution in [0.1, 0.15) is 37.6 Å². The van der Waals surface area contributed by atoms with Gasteiger partial charge in [0.2, 0.25) is 5.91 Å². The Balaban J connectivity index is 1.81. The van der Waals surface area contributed by atoms with Crippen LogP contribution in [-0.4, -0.2) is 67.1 Å². The number of nitrogens with one attached hydrogen (secondary N) is 1. The lowest BCUT2D eigenvalue weighted by Crippen LogP contribution is -2.50. The van der Waals surface area contributed by atoms with Gasteiger partial charge >= 0.3 is 5.97 Å². The highest BCUT2D eigenvalue weighted by Gasteiger charge is 2.20. The lowest BCUT2D eigenvalue weighted by Gasteiger charge is -2.35. The summed E-state index contributed by atoms with van der Waals surface area (Å²) in [5.74, 6) is 0.579. The summed E-state index contributed by atoms with van der Waals surface area (Å²) in [5.41, 5.74) is 0.464. The molecule has 0 aliphatic carbocycles. The Bertz CT molecular complexity index is 568. The average Bonchev–Trinajstić information content (AvgIpc) is 2.62. The molecule has 7 nitrogen and oxygen atoms in total.